The number of rotatable bonds is 4. The van der Waals surface area contributed by atoms with E-state index in [1.54, 1.807) is 24.1 Å². The van der Waals surface area contributed by atoms with Gasteiger partial charge in [-0.25, -0.2) is 0 Å². The van der Waals surface area contributed by atoms with E-state index in [1.165, 1.54) is 6.92 Å². The molecule has 0 aromatic carbocycles. The minimum atomic E-state index is -1.39. The molecular weight excluding hydrogens is 204 g/mol. The molecule has 1 N–H and O–H groups in total. The van der Waals surface area contributed by atoms with Gasteiger partial charge < -0.3 is 5.11 Å². The molecule has 6 heteroatoms. The lowest BCUT2D eigenvalue weighted by molar-refractivity contribution is -0.136. The van der Waals surface area contributed by atoms with Crippen molar-refractivity contribution in [1.29, 1.82) is 0 Å². The molecule has 5 nitrogen and oxygen atoms in total. The van der Waals surface area contributed by atoms with Crippen molar-refractivity contribution >= 4 is 16.8 Å². The van der Waals surface area contributed by atoms with Crippen molar-refractivity contribution in [2.75, 3.05) is 0 Å². The first-order chi connectivity index (χ1) is 6.50. The van der Waals surface area contributed by atoms with E-state index in [1.807, 2.05) is 0 Å². The van der Waals surface area contributed by atoms with Gasteiger partial charge in [-0.3, -0.25) is 13.7 Å². The molecule has 0 spiro atoms. The molecule has 0 bridgehead atoms. The summed E-state index contributed by atoms with van der Waals surface area (Å²) in [7, 11) is 0.372. The van der Waals surface area contributed by atoms with Crippen LogP contribution >= 0.6 is 0 Å². The summed E-state index contributed by atoms with van der Waals surface area (Å²) in [6, 6.07) is 0. The maximum absolute atomic E-state index is 11.5. The van der Waals surface area contributed by atoms with Crippen LogP contribution in [0.5, 0.6) is 0 Å². The number of carbonyl (C=O) groups is 1. The lowest BCUT2D eigenvalue weighted by atomic mass is 10.4. The van der Waals surface area contributed by atoms with Crippen LogP contribution in [0, 0.1) is 0 Å². The summed E-state index contributed by atoms with van der Waals surface area (Å²) in [6.07, 6.45) is 3.32. The second-order valence-electron chi connectivity index (χ2n) is 3.03. The summed E-state index contributed by atoms with van der Waals surface area (Å²) in [5, 5.41) is 11.7. The first-order valence-corrected chi connectivity index (χ1v) is 5.46. The van der Waals surface area contributed by atoms with Gasteiger partial charge in [-0.1, -0.05) is 0 Å². The highest BCUT2D eigenvalue weighted by Crippen LogP contribution is 2.06. The zero-order valence-corrected chi connectivity index (χ0v) is 8.82. The third kappa shape index (κ3) is 2.66. The fourth-order valence-corrected chi connectivity index (χ4v) is 1.90. The van der Waals surface area contributed by atoms with Crippen LogP contribution in [0.15, 0.2) is 12.4 Å². The zero-order valence-electron chi connectivity index (χ0n) is 8.01. The number of hydrogen-bond donors (Lipinski definition) is 1. The molecule has 0 aliphatic rings. The van der Waals surface area contributed by atoms with Crippen LogP contribution in [0.2, 0.25) is 0 Å². The minimum Gasteiger partial charge on any atom is -0.480 e. The van der Waals surface area contributed by atoms with Crippen molar-refractivity contribution in [3.05, 3.63) is 18.0 Å². The molecule has 0 aliphatic heterocycles. The third-order valence-corrected chi connectivity index (χ3v) is 3.42. The van der Waals surface area contributed by atoms with Gasteiger partial charge in [0.05, 0.1) is 11.9 Å². The Morgan fingerprint density at radius 1 is 1.79 bits per heavy atom. The maximum Gasteiger partial charge on any atom is 0.318 e. The number of hydrogen-bond acceptors (Lipinski definition) is 3. The molecule has 0 saturated carbocycles. The number of carboxylic acids is 1. The fraction of sp³-hybridized carbons (Fsp3) is 0.500. The SMILES string of the molecule is CC(C(=O)O)S(=O)Cc1cnn(C)c1. The summed E-state index contributed by atoms with van der Waals surface area (Å²) >= 11 is 0. The van der Waals surface area contributed by atoms with Crippen molar-refractivity contribution in [3.63, 3.8) is 0 Å². The van der Waals surface area contributed by atoms with Gasteiger partial charge in [-0.05, 0) is 6.92 Å². The Bertz CT molecular complexity index is 361. The van der Waals surface area contributed by atoms with Crippen molar-refractivity contribution < 1.29 is 14.1 Å². The third-order valence-electron chi connectivity index (χ3n) is 1.81. The van der Waals surface area contributed by atoms with E-state index in [0.717, 1.165) is 5.56 Å². The summed E-state index contributed by atoms with van der Waals surface area (Å²) in [6.45, 7) is 1.44. The quantitative estimate of drug-likeness (QED) is 0.777. The second kappa shape index (κ2) is 4.36. The molecule has 1 rings (SSSR count). The van der Waals surface area contributed by atoms with Gasteiger partial charge in [-0.2, -0.15) is 5.10 Å². The largest absolute Gasteiger partial charge is 0.480 e. The normalized spacial score (nSPS) is 15.0. The molecule has 0 fully saturated rings. The van der Waals surface area contributed by atoms with Gasteiger partial charge in [0.1, 0.15) is 5.25 Å². The molecule has 0 aliphatic carbocycles. The lowest BCUT2D eigenvalue weighted by Gasteiger charge is -2.04. The molecular formula is C8H12N2O3S. The molecule has 1 heterocycles. The number of nitrogens with zero attached hydrogens (tertiary/aromatic N) is 2. The van der Waals surface area contributed by atoms with Crippen LogP contribution in [0.1, 0.15) is 12.5 Å². The summed E-state index contributed by atoms with van der Waals surface area (Å²) in [5.41, 5.74) is 0.791. The van der Waals surface area contributed by atoms with E-state index in [4.69, 9.17) is 5.11 Å². The maximum atomic E-state index is 11.5. The second-order valence-corrected chi connectivity index (χ2v) is 4.79. The van der Waals surface area contributed by atoms with E-state index < -0.39 is 22.0 Å². The smallest absolute Gasteiger partial charge is 0.318 e. The first kappa shape index (κ1) is 10.9. The van der Waals surface area contributed by atoms with E-state index >= 15 is 0 Å². The van der Waals surface area contributed by atoms with Crippen molar-refractivity contribution in [2.45, 2.75) is 17.9 Å². The first-order valence-electron chi connectivity index (χ1n) is 4.08. The minimum absolute atomic E-state index is 0.237. The van der Waals surface area contributed by atoms with Crippen molar-refractivity contribution in [3.8, 4) is 0 Å². The Balaban J connectivity index is 2.61. The molecule has 78 valence electrons. The monoisotopic (exact) mass is 216 g/mol. The lowest BCUT2D eigenvalue weighted by Crippen LogP contribution is -2.22. The summed E-state index contributed by atoms with van der Waals surface area (Å²) in [5.74, 6) is -0.798. The van der Waals surface area contributed by atoms with Crippen molar-refractivity contribution in [2.24, 2.45) is 7.05 Å². The molecule has 1 aromatic rings. The predicted molar refractivity (Wildman–Crippen MR) is 52.2 cm³/mol. The standard InChI is InChI=1S/C8H12N2O3S/c1-6(8(11)12)14(13)5-7-3-9-10(2)4-7/h3-4,6H,5H2,1-2H3,(H,11,12). The van der Waals surface area contributed by atoms with Gasteiger partial charge in [-0.15, -0.1) is 0 Å². The van der Waals surface area contributed by atoms with Crippen LogP contribution in [-0.2, 0) is 28.4 Å². The van der Waals surface area contributed by atoms with Crippen LogP contribution in [0.3, 0.4) is 0 Å². The highest BCUT2D eigenvalue weighted by atomic mass is 32.2. The zero-order chi connectivity index (χ0) is 10.7. The summed E-state index contributed by atoms with van der Waals surface area (Å²) in [4.78, 5) is 10.5. The average molecular weight is 216 g/mol. The van der Waals surface area contributed by atoms with Crippen LogP contribution in [-0.4, -0.2) is 30.3 Å². The van der Waals surface area contributed by atoms with Crippen molar-refractivity contribution in [1.82, 2.24) is 9.78 Å². The van der Waals surface area contributed by atoms with E-state index in [0.29, 0.717) is 0 Å². The van der Waals surface area contributed by atoms with Gasteiger partial charge in [0.2, 0.25) is 0 Å². The van der Waals surface area contributed by atoms with Crippen LogP contribution in [0.25, 0.3) is 0 Å². The highest BCUT2D eigenvalue weighted by Gasteiger charge is 2.19. The number of carboxylic acid groups (broad SMARTS) is 1. The molecule has 0 radical (unpaired) electrons. The predicted octanol–water partition coefficient (Wildman–Crippen LogP) is 0.142. The average Bonchev–Trinajstić information content (AvgIpc) is 2.49. The Morgan fingerprint density at radius 2 is 2.43 bits per heavy atom. The number of aliphatic carboxylic acids is 1. The van der Waals surface area contributed by atoms with Crippen LogP contribution in [0.4, 0.5) is 0 Å². The van der Waals surface area contributed by atoms with E-state index in [-0.39, 0.29) is 5.75 Å². The molecule has 0 saturated heterocycles. The van der Waals surface area contributed by atoms with Gasteiger partial charge in [0.25, 0.3) is 0 Å². The Morgan fingerprint density at radius 3 is 2.86 bits per heavy atom. The highest BCUT2D eigenvalue weighted by molar-refractivity contribution is 7.85. The van der Waals surface area contributed by atoms with Gasteiger partial charge in [0, 0.05) is 29.6 Å². The van der Waals surface area contributed by atoms with Gasteiger partial charge in [0.15, 0.2) is 0 Å². The van der Waals surface area contributed by atoms with Gasteiger partial charge >= 0.3 is 5.97 Å². The Labute approximate surface area is 84.2 Å². The Kier molecular flexibility index (Phi) is 3.40. The molecule has 2 unspecified atom stereocenters. The number of aromatic nitrogens is 2. The molecule has 0 amide bonds. The molecule has 14 heavy (non-hydrogen) atoms. The fourth-order valence-electron chi connectivity index (χ4n) is 0.948. The topological polar surface area (TPSA) is 72.2 Å². The Hall–Kier alpha value is -1.17. The van der Waals surface area contributed by atoms with Crippen LogP contribution < -0.4 is 0 Å². The number of aryl methyl sites for hydroxylation is 1. The molecule has 1 aromatic heterocycles. The molecule has 2 atom stereocenters. The van der Waals surface area contributed by atoms with E-state index in [9.17, 15) is 9.00 Å². The summed E-state index contributed by atoms with van der Waals surface area (Å²) < 4.78 is 13.1. The van der Waals surface area contributed by atoms with E-state index in [2.05, 4.69) is 5.10 Å².